The van der Waals surface area contributed by atoms with Crippen LogP contribution >= 0.6 is 11.8 Å². The van der Waals surface area contributed by atoms with E-state index in [4.69, 9.17) is 5.11 Å². The third-order valence-electron chi connectivity index (χ3n) is 2.46. The second-order valence-corrected chi connectivity index (χ2v) is 5.06. The third-order valence-corrected chi connectivity index (χ3v) is 3.74. The number of aliphatic hydroxyl groups is 1. The van der Waals surface area contributed by atoms with Crippen LogP contribution in [0.1, 0.15) is 19.8 Å². The van der Waals surface area contributed by atoms with Gasteiger partial charge in [-0.25, -0.2) is 0 Å². The average molecular weight is 203 g/mol. The molecule has 0 amide bonds. The smallest absolute Gasteiger partial charge is 0.0464 e. The van der Waals surface area contributed by atoms with Crippen LogP contribution in [0.15, 0.2) is 0 Å². The number of rotatable bonds is 6. The summed E-state index contributed by atoms with van der Waals surface area (Å²) in [7, 11) is 0. The maximum atomic E-state index is 8.82. The molecule has 0 bridgehead atoms. The lowest BCUT2D eigenvalue weighted by Gasteiger charge is -2.14. The lowest BCUT2D eigenvalue weighted by molar-refractivity contribution is 0.250. The summed E-state index contributed by atoms with van der Waals surface area (Å²) in [5.74, 6) is 2.79. The molecule has 0 radical (unpaired) electrons. The molecule has 1 atom stereocenters. The quantitative estimate of drug-likeness (QED) is 0.661. The van der Waals surface area contributed by atoms with Crippen molar-refractivity contribution in [1.82, 2.24) is 4.90 Å². The van der Waals surface area contributed by atoms with Crippen LogP contribution in [0.4, 0.5) is 0 Å². The number of hydrogen-bond donors (Lipinski definition) is 1. The fourth-order valence-electron chi connectivity index (χ4n) is 1.54. The Hall–Kier alpha value is 0.270. The fraction of sp³-hybridized carbons (Fsp3) is 1.00. The monoisotopic (exact) mass is 203 g/mol. The van der Waals surface area contributed by atoms with Crippen LogP contribution in [-0.2, 0) is 0 Å². The zero-order chi connectivity index (χ0) is 9.52. The highest BCUT2D eigenvalue weighted by Gasteiger charge is 2.10. The van der Waals surface area contributed by atoms with Crippen molar-refractivity contribution >= 4 is 11.8 Å². The highest BCUT2D eigenvalue weighted by atomic mass is 32.2. The number of hydrogen-bond acceptors (Lipinski definition) is 3. The number of nitrogens with zero attached hydrogens (tertiary/aromatic N) is 1. The van der Waals surface area contributed by atoms with Gasteiger partial charge in [0, 0.05) is 18.9 Å². The van der Waals surface area contributed by atoms with Crippen LogP contribution in [0.5, 0.6) is 0 Å². The van der Waals surface area contributed by atoms with Crippen molar-refractivity contribution in [2.45, 2.75) is 19.8 Å². The first-order valence-corrected chi connectivity index (χ1v) is 6.39. The molecule has 1 aliphatic rings. The van der Waals surface area contributed by atoms with E-state index in [2.05, 4.69) is 11.8 Å². The van der Waals surface area contributed by atoms with E-state index in [1.165, 1.54) is 38.2 Å². The van der Waals surface area contributed by atoms with Gasteiger partial charge in [-0.15, -0.1) is 0 Å². The third kappa shape index (κ3) is 4.89. The summed E-state index contributed by atoms with van der Waals surface area (Å²) in [6.45, 7) is 6.27. The van der Waals surface area contributed by atoms with Crippen LogP contribution in [0.25, 0.3) is 0 Å². The van der Waals surface area contributed by atoms with Gasteiger partial charge in [0.15, 0.2) is 0 Å². The van der Waals surface area contributed by atoms with E-state index >= 15 is 0 Å². The number of likely N-dealkylation sites (tertiary alicyclic amines) is 1. The highest BCUT2D eigenvalue weighted by Crippen LogP contribution is 2.11. The van der Waals surface area contributed by atoms with Gasteiger partial charge in [-0.1, -0.05) is 6.92 Å². The summed E-state index contributed by atoms with van der Waals surface area (Å²) in [5.41, 5.74) is 0. The minimum Gasteiger partial charge on any atom is -0.396 e. The van der Waals surface area contributed by atoms with Crippen molar-refractivity contribution in [2.75, 3.05) is 37.7 Å². The zero-order valence-corrected chi connectivity index (χ0v) is 9.35. The van der Waals surface area contributed by atoms with Crippen molar-refractivity contribution in [3.05, 3.63) is 0 Å². The van der Waals surface area contributed by atoms with Gasteiger partial charge < -0.3 is 10.0 Å². The Balaban J connectivity index is 1.88. The first kappa shape index (κ1) is 11.3. The summed E-state index contributed by atoms with van der Waals surface area (Å²) < 4.78 is 0. The Labute approximate surface area is 85.7 Å². The molecule has 1 N–H and O–H groups in total. The van der Waals surface area contributed by atoms with Crippen molar-refractivity contribution in [1.29, 1.82) is 0 Å². The van der Waals surface area contributed by atoms with Crippen LogP contribution in [0, 0.1) is 5.92 Å². The minimum atomic E-state index is 0.330. The first-order chi connectivity index (χ1) is 6.33. The van der Waals surface area contributed by atoms with Gasteiger partial charge in [0.05, 0.1) is 0 Å². The molecule has 1 saturated heterocycles. The SMILES string of the molecule is CC(CO)CSCCN1CCCC1. The number of aliphatic hydroxyl groups excluding tert-OH is 1. The van der Waals surface area contributed by atoms with Gasteiger partial charge in [0.25, 0.3) is 0 Å². The maximum Gasteiger partial charge on any atom is 0.0464 e. The number of thioether (sulfide) groups is 1. The Morgan fingerprint density at radius 3 is 2.69 bits per heavy atom. The van der Waals surface area contributed by atoms with Crippen LogP contribution in [0.2, 0.25) is 0 Å². The molecule has 1 rings (SSSR count). The molecule has 2 nitrogen and oxygen atoms in total. The summed E-state index contributed by atoms with van der Waals surface area (Å²) in [5, 5.41) is 8.82. The molecule has 3 heteroatoms. The molecule has 1 heterocycles. The molecule has 0 aromatic rings. The molecule has 13 heavy (non-hydrogen) atoms. The van der Waals surface area contributed by atoms with E-state index in [1.54, 1.807) is 0 Å². The summed E-state index contributed by atoms with van der Waals surface area (Å²) in [6.07, 6.45) is 2.77. The molecule has 0 aromatic heterocycles. The molecule has 0 aromatic carbocycles. The van der Waals surface area contributed by atoms with Gasteiger partial charge in [-0.05, 0) is 37.6 Å². The van der Waals surface area contributed by atoms with Crippen molar-refractivity contribution in [3.8, 4) is 0 Å². The Morgan fingerprint density at radius 2 is 2.08 bits per heavy atom. The molecule has 0 aliphatic carbocycles. The van der Waals surface area contributed by atoms with E-state index in [0.717, 1.165) is 5.75 Å². The minimum absolute atomic E-state index is 0.330. The van der Waals surface area contributed by atoms with Gasteiger partial charge in [0.2, 0.25) is 0 Å². The molecule has 1 unspecified atom stereocenters. The summed E-state index contributed by atoms with van der Waals surface area (Å²) in [4.78, 5) is 2.54. The first-order valence-electron chi connectivity index (χ1n) is 5.24. The molecular formula is C10H21NOS. The highest BCUT2D eigenvalue weighted by molar-refractivity contribution is 7.99. The van der Waals surface area contributed by atoms with E-state index in [1.807, 2.05) is 11.8 Å². The van der Waals surface area contributed by atoms with Gasteiger partial charge in [-0.2, -0.15) is 11.8 Å². The molecular weight excluding hydrogens is 182 g/mol. The van der Waals surface area contributed by atoms with Gasteiger partial charge in [-0.3, -0.25) is 0 Å². The fourth-order valence-corrected chi connectivity index (χ4v) is 2.60. The van der Waals surface area contributed by atoms with Crippen LogP contribution in [0.3, 0.4) is 0 Å². The average Bonchev–Trinajstić information content (AvgIpc) is 2.64. The molecule has 1 fully saturated rings. The summed E-state index contributed by atoms with van der Waals surface area (Å²) >= 11 is 1.97. The van der Waals surface area contributed by atoms with E-state index in [-0.39, 0.29) is 0 Å². The summed E-state index contributed by atoms with van der Waals surface area (Å²) in [6, 6.07) is 0. The molecule has 1 aliphatic heterocycles. The van der Waals surface area contributed by atoms with Gasteiger partial charge >= 0.3 is 0 Å². The lowest BCUT2D eigenvalue weighted by atomic mass is 10.2. The van der Waals surface area contributed by atoms with Gasteiger partial charge in [0.1, 0.15) is 0 Å². The maximum absolute atomic E-state index is 8.82. The molecule has 78 valence electrons. The molecule has 0 saturated carbocycles. The van der Waals surface area contributed by atoms with E-state index in [0.29, 0.717) is 12.5 Å². The van der Waals surface area contributed by atoms with Crippen molar-refractivity contribution in [3.63, 3.8) is 0 Å². The topological polar surface area (TPSA) is 23.5 Å². The predicted octanol–water partition coefficient (Wildman–Crippen LogP) is 1.44. The normalized spacial score (nSPS) is 20.8. The van der Waals surface area contributed by atoms with E-state index in [9.17, 15) is 0 Å². The van der Waals surface area contributed by atoms with Crippen molar-refractivity contribution in [2.24, 2.45) is 5.92 Å². The standard InChI is InChI=1S/C10H21NOS/c1-10(8-12)9-13-7-6-11-4-2-3-5-11/h10,12H,2-9H2,1H3. The van der Waals surface area contributed by atoms with Crippen LogP contribution in [-0.4, -0.2) is 47.8 Å². The Morgan fingerprint density at radius 1 is 1.38 bits per heavy atom. The largest absolute Gasteiger partial charge is 0.396 e. The van der Waals surface area contributed by atoms with Crippen LogP contribution < -0.4 is 0 Å². The zero-order valence-electron chi connectivity index (χ0n) is 8.54. The van der Waals surface area contributed by atoms with Crippen molar-refractivity contribution < 1.29 is 5.11 Å². The second-order valence-electron chi connectivity index (χ2n) is 3.91. The predicted molar refractivity (Wildman–Crippen MR) is 59.2 cm³/mol. The Bertz CT molecular complexity index is 126. The Kier molecular flexibility index (Phi) is 5.83. The second kappa shape index (κ2) is 6.68. The molecule has 0 spiro atoms. The lowest BCUT2D eigenvalue weighted by Crippen LogP contribution is -2.22. The van der Waals surface area contributed by atoms with E-state index < -0.39 is 0 Å².